The van der Waals surface area contributed by atoms with Gasteiger partial charge in [0, 0.05) is 12.0 Å². The molecule has 0 heterocycles. The highest BCUT2D eigenvalue weighted by Gasteiger charge is 2.31. The van der Waals surface area contributed by atoms with E-state index in [-0.39, 0.29) is 24.0 Å². The second kappa shape index (κ2) is 4.89. The number of hydrogen-bond acceptors (Lipinski definition) is 3. The minimum atomic E-state index is -0.225. The Kier molecular flexibility index (Phi) is 4.08. The number of carbonyl (C=O) groups is 1. The van der Waals surface area contributed by atoms with Gasteiger partial charge in [0.05, 0.1) is 6.10 Å². The molecule has 1 aliphatic rings. The number of carbonyl (C=O) groups excluding carboxylic acids is 1. The fourth-order valence-electron chi connectivity index (χ4n) is 1.96. The molecule has 3 nitrogen and oxygen atoms in total. The number of nitrogens with two attached hydrogens (primary N) is 1. The van der Waals surface area contributed by atoms with E-state index in [1.165, 1.54) is 0 Å². The number of hydrogen-bond donors (Lipinski definition) is 1. The predicted molar refractivity (Wildman–Crippen MR) is 56.1 cm³/mol. The lowest BCUT2D eigenvalue weighted by atomic mass is 9.92. The van der Waals surface area contributed by atoms with E-state index in [0.717, 1.165) is 25.7 Å². The van der Waals surface area contributed by atoms with Crippen molar-refractivity contribution in [2.24, 2.45) is 5.73 Å². The maximum Gasteiger partial charge on any atom is 0.160 e. The quantitative estimate of drug-likeness (QED) is 0.732. The fraction of sp³-hybridized carbons (Fsp3) is 0.909. The molecular weight excluding hydrogens is 178 g/mol. The van der Waals surface area contributed by atoms with Gasteiger partial charge in [-0.15, -0.1) is 0 Å². The van der Waals surface area contributed by atoms with Crippen LogP contribution in [0, 0.1) is 0 Å². The van der Waals surface area contributed by atoms with Crippen molar-refractivity contribution in [2.75, 3.05) is 6.61 Å². The molecule has 0 aliphatic heterocycles. The molecule has 1 aliphatic carbocycles. The lowest BCUT2D eigenvalue weighted by molar-refractivity contribution is -0.126. The first-order valence-electron chi connectivity index (χ1n) is 5.44. The summed E-state index contributed by atoms with van der Waals surface area (Å²) in [5.41, 5.74) is 5.87. The maximum atomic E-state index is 11.5. The highest BCUT2D eigenvalue weighted by atomic mass is 16.5. The summed E-state index contributed by atoms with van der Waals surface area (Å²) in [6, 6.07) is 0. The molecule has 0 saturated heterocycles. The molecule has 0 bridgehead atoms. The van der Waals surface area contributed by atoms with E-state index in [2.05, 4.69) is 0 Å². The normalized spacial score (nSPS) is 20.3. The van der Waals surface area contributed by atoms with Crippen LogP contribution in [0.5, 0.6) is 0 Å². The molecule has 1 saturated carbocycles. The molecule has 0 aromatic carbocycles. The van der Waals surface area contributed by atoms with Gasteiger partial charge in [0.15, 0.2) is 5.78 Å². The fourth-order valence-corrected chi connectivity index (χ4v) is 1.96. The second-order valence-corrected chi connectivity index (χ2v) is 4.64. The first-order chi connectivity index (χ1) is 6.52. The summed E-state index contributed by atoms with van der Waals surface area (Å²) >= 11 is 0. The summed E-state index contributed by atoms with van der Waals surface area (Å²) < 4.78 is 5.25. The molecule has 0 amide bonds. The topological polar surface area (TPSA) is 52.3 Å². The predicted octanol–water partition coefficient (Wildman–Crippen LogP) is 1.64. The zero-order valence-electron chi connectivity index (χ0n) is 9.21. The monoisotopic (exact) mass is 199 g/mol. The minimum Gasteiger partial charge on any atom is -0.371 e. The Balaban J connectivity index is 2.25. The largest absolute Gasteiger partial charge is 0.371 e. The molecule has 1 rings (SSSR count). The van der Waals surface area contributed by atoms with Crippen molar-refractivity contribution in [1.82, 2.24) is 0 Å². The molecule has 0 aromatic rings. The van der Waals surface area contributed by atoms with Crippen LogP contribution in [0.15, 0.2) is 0 Å². The molecule has 0 radical (unpaired) electrons. The van der Waals surface area contributed by atoms with Crippen LogP contribution in [0.25, 0.3) is 0 Å². The first kappa shape index (κ1) is 11.7. The van der Waals surface area contributed by atoms with Gasteiger partial charge in [0.1, 0.15) is 6.61 Å². The molecule has 1 fully saturated rings. The summed E-state index contributed by atoms with van der Waals surface area (Å²) in [7, 11) is 0. The van der Waals surface area contributed by atoms with E-state index in [0.29, 0.717) is 6.42 Å². The van der Waals surface area contributed by atoms with Crippen molar-refractivity contribution in [1.29, 1.82) is 0 Å². The number of ether oxygens (including phenoxy) is 1. The molecule has 0 unspecified atom stereocenters. The Hall–Kier alpha value is -0.410. The van der Waals surface area contributed by atoms with Gasteiger partial charge in [-0.3, -0.25) is 4.79 Å². The van der Waals surface area contributed by atoms with Crippen LogP contribution in [0.3, 0.4) is 0 Å². The average molecular weight is 199 g/mol. The van der Waals surface area contributed by atoms with Gasteiger partial charge in [0.25, 0.3) is 0 Å². The van der Waals surface area contributed by atoms with Crippen LogP contribution in [0.1, 0.15) is 46.0 Å². The van der Waals surface area contributed by atoms with Crippen LogP contribution in [-0.2, 0) is 9.53 Å². The van der Waals surface area contributed by atoms with Crippen molar-refractivity contribution in [3.05, 3.63) is 0 Å². The summed E-state index contributed by atoms with van der Waals surface area (Å²) in [5, 5.41) is 0. The van der Waals surface area contributed by atoms with E-state index < -0.39 is 0 Å². The van der Waals surface area contributed by atoms with Crippen molar-refractivity contribution in [2.45, 2.75) is 57.6 Å². The van der Waals surface area contributed by atoms with Crippen molar-refractivity contribution < 1.29 is 9.53 Å². The second-order valence-electron chi connectivity index (χ2n) is 4.64. The van der Waals surface area contributed by atoms with Crippen LogP contribution in [0.2, 0.25) is 0 Å². The Morgan fingerprint density at radius 3 is 2.50 bits per heavy atom. The Morgan fingerprint density at radius 1 is 1.43 bits per heavy atom. The summed E-state index contributed by atoms with van der Waals surface area (Å²) in [5.74, 6) is 0.142. The van der Waals surface area contributed by atoms with Crippen LogP contribution in [-0.4, -0.2) is 24.0 Å². The van der Waals surface area contributed by atoms with Crippen LogP contribution < -0.4 is 5.73 Å². The third kappa shape index (κ3) is 3.76. The van der Waals surface area contributed by atoms with Crippen LogP contribution >= 0.6 is 0 Å². The van der Waals surface area contributed by atoms with Crippen molar-refractivity contribution >= 4 is 5.78 Å². The number of rotatable bonds is 5. The highest BCUT2D eigenvalue weighted by molar-refractivity contribution is 5.80. The van der Waals surface area contributed by atoms with Gasteiger partial charge in [-0.25, -0.2) is 0 Å². The smallest absolute Gasteiger partial charge is 0.160 e. The summed E-state index contributed by atoms with van der Waals surface area (Å²) in [6.07, 6.45) is 4.90. The zero-order valence-corrected chi connectivity index (χ0v) is 9.21. The Bertz CT molecular complexity index is 195. The molecule has 3 heteroatoms. The van der Waals surface area contributed by atoms with E-state index in [4.69, 9.17) is 10.5 Å². The summed E-state index contributed by atoms with van der Waals surface area (Å²) in [4.78, 5) is 11.5. The van der Waals surface area contributed by atoms with Crippen LogP contribution in [0.4, 0.5) is 0 Å². The molecule has 0 aromatic heterocycles. The molecular formula is C11H21NO2. The zero-order chi connectivity index (χ0) is 10.6. The first-order valence-corrected chi connectivity index (χ1v) is 5.44. The van der Waals surface area contributed by atoms with Crippen molar-refractivity contribution in [3.8, 4) is 0 Å². The molecule has 2 N–H and O–H groups in total. The minimum absolute atomic E-state index is 0.122. The Labute approximate surface area is 86.0 Å². The number of ketones is 1. The van der Waals surface area contributed by atoms with Gasteiger partial charge in [0.2, 0.25) is 0 Å². The number of Topliss-reactive ketones (excluding diaryl/α,β-unsaturated/α-hetero) is 1. The third-order valence-electron chi connectivity index (χ3n) is 2.73. The molecule has 14 heavy (non-hydrogen) atoms. The van der Waals surface area contributed by atoms with Gasteiger partial charge in [-0.05, 0) is 26.7 Å². The molecule has 0 atom stereocenters. The molecule has 0 spiro atoms. The maximum absolute atomic E-state index is 11.5. The summed E-state index contributed by atoms with van der Waals surface area (Å²) in [6.45, 7) is 4.08. The van der Waals surface area contributed by atoms with Gasteiger partial charge >= 0.3 is 0 Å². The third-order valence-corrected chi connectivity index (χ3v) is 2.73. The van der Waals surface area contributed by atoms with E-state index in [9.17, 15) is 4.79 Å². The van der Waals surface area contributed by atoms with Crippen molar-refractivity contribution in [3.63, 3.8) is 0 Å². The van der Waals surface area contributed by atoms with E-state index in [1.54, 1.807) is 0 Å². The highest BCUT2D eigenvalue weighted by Crippen LogP contribution is 2.30. The van der Waals surface area contributed by atoms with Gasteiger partial charge in [-0.2, -0.15) is 0 Å². The average Bonchev–Trinajstić information content (AvgIpc) is 2.48. The standard InChI is InChI=1S/C11H21NO2/c1-9(2)14-8-10(13)7-11(12)5-3-4-6-11/h9H,3-8,12H2,1-2H3. The molecule has 82 valence electrons. The van der Waals surface area contributed by atoms with E-state index >= 15 is 0 Å². The lowest BCUT2D eigenvalue weighted by Crippen LogP contribution is -2.39. The Morgan fingerprint density at radius 2 is 2.00 bits per heavy atom. The SMILES string of the molecule is CC(C)OCC(=O)CC1(N)CCCC1. The van der Waals surface area contributed by atoms with E-state index in [1.807, 2.05) is 13.8 Å². The van der Waals surface area contributed by atoms with Gasteiger partial charge < -0.3 is 10.5 Å². The lowest BCUT2D eigenvalue weighted by Gasteiger charge is -2.22. The van der Waals surface area contributed by atoms with Gasteiger partial charge in [-0.1, -0.05) is 12.8 Å².